The van der Waals surface area contributed by atoms with Gasteiger partial charge in [0.05, 0.1) is 24.9 Å². The van der Waals surface area contributed by atoms with E-state index in [1.807, 2.05) is 11.7 Å². The van der Waals surface area contributed by atoms with Crippen LogP contribution in [0.1, 0.15) is 54.8 Å². The molecule has 1 unspecified atom stereocenters. The average Bonchev–Trinajstić information content (AvgIpc) is 3.03. The van der Waals surface area contributed by atoms with Crippen molar-refractivity contribution in [2.24, 2.45) is 12.0 Å². The van der Waals surface area contributed by atoms with Gasteiger partial charge < -0.3 is 20.1 Å². The molecule has 32 heavy (non-hydrogen) atoms. The van der Waals surface area contributed by atoms with Crippen LogP contribution < -0.4 is 10.6 Å². The number of nitrogens with one attached hydrogen (secondary N) is 2. The summed E-state index contributed by atoms with van der Waals surface area (Å²) in [7, 11) is 2.00. The summed E-state index contributed by atoms with van der Waals surface area (Å²) in [6.45, 7) is 12.2. The SMILES string of the molecule is CCNC(=NCc1ccc(COC2CCOCC2)cc1)NC(C)Cc1c(C)nn(C)c1C. The highest BCUT2D eigenvalue weighted by Crippen LogP contribution is 2.15. The molecule has 1 aromatic carbocycles. The molecule has 0 aliphatic carbocycles. The van der Waals surface area contributed by atoms with Crippen molar-refractivity contribution in [1.29, 1.82) is 0 Å². The van der Waals surface area contributed by atoms with Gasteiger partial charge in [0.15, 0.2) is 5.96 Å². The molecule has 1 aliphatic rings. The fourth-order valence-corrected chi connectivity index (χ4v) is 3.99. The van der Waals surface area contributed by atoms with Gasteiger partial charge in [-0.2, -0.15) is 5.10 Å². The topological polar surface area (TPSA) is 72.7 Å². The predicted octanol–water partition coefficient (Wildman–Crippen LogP) is 3.42. The van der Waals surface area contributed by atoms with Crippen molar-refractivity contribution in [1.82, 2.24) is 20.4 Å². The molecule has 0 radical (unpaired) electrons. The summed E-state index contributed by atoms with van der Waals surface area (Å²) in [6.07, 6.45) is 3.22. The van der Waals surface area contributed by atoms with Crippen LogP contribution in [-0.2, 0) is 36.1 Å². The number of hydrogen-bond acceptors (Lipinski definition) is 4. The number of nitrogens with zero attached hydrogens (tertiary/aromatic N) is 3. The molecule has 2 heterocycles. The number of hydrogen-bond donors (Lipinski definition) is 2. The number of rotatable bonds is 9. The van der Waals surface area contributed by atoms with Crippen molar-refractivity contribution in [3.8, 4) is 0 Å². The predicted molar refractivity (Wildman–Crippen MR) is 129 cm³/mol. The minimum Gasteiger partial charge on any atom is -0.381 e. The molecule has 1 fully saturated rings. The molecule has 0 saturated carbocycles. The molecule has 1 atom stereocenters. The maximum Gasteiger partial charge on any atom is 0.191 e. The molecule has 1 aliphatic heterocycles. The molecular weight excluding hydrogens is 402 g/mol. The van der Waals surface area contributed by atoms with Gasteiger partial charge in [-0.15, -0.1) is 0 Å². The number of ether oxygens (including phenoxy) is 2. The van der Waals surface area contributed by atoms with E-state index in [0.717, 1.165) is 50.7 Å². The zero-order valence-corrected chi connectivity index (χ0v) is 20.3. The van der Waals surface area contributed by atoms with Gasteiger partial charge in [-0.05, 0) is 63.6 Å². The van der Waals surface area contributed by atoms with Gasteiger partial charge in [0.2, 0.25) is 0 Å². The number of aryl methyl sites for hydroxylation is 2. The molecule has 176 valence electrons. The molecular formula is C25H39N5O2. The third-order valence-electron chi connectivity index (χ3n) is 5.99. The Hall–Kier alpha value is -2.38. The van der Waals surface area contributed by atoms with Crippen LogP contribution in [-0.4, -0.2) is 47.6 Å². The summed E-state index contributed by atoms with van der Waals surface area (Å²) in [5.74, 6) is 0.839. The minimum atomic E-state index is 0.249. The molecule has 1 aromatic heterocycles. The zero-order chi connectivity index (χ0) is 22.9. The van der Waals surface area contributed by atoms with Crippen molar-refractivity contribution in [3.05, 3.63) is 52.3 Å². The van der Waals surface area contributed by atoms with Crippen LogP contribution in [0.15, 0.2) is 29.3 Å². The molecule has 0 bridgehead atoms. The highest BCUT2D eigenvalue weighted by molar-refractivity contribution is 5.80. The average molecular weight is 442 g/mol. The van der Waals surface area contributed by atoms with Crippen LogP contribution in [0.3, 0.4) is 0 Å². The Balaban J connectivity index is 1.52. The van der Waals surface area contributed by atoms with Crippen molar-refractivity contribution in [3.63, 3.8) is 0 Å². The second kappa shape index (κ2) is 12.0. The first-order chi connectivity index (χ1) is 15.5. The molecule has 2 aromatic rings. The van der Waals surface area contributed by atoms with E-state index in [2.05, 4.69) is 67.7 Å². The second-order valence-corrected chi connectivity index (χ2v) is 8.66. The highest BCUT2D eigenvalue weighted by Gasteiger charge is 2.15. The van der Waals surface area contributed by atoms with E-state index in [-0.39, 0.29) is 6.04 Å². The summed E-state index contributed by atoms with van der Waals surface area (Å²) in [6, 6.07) is 8.81. The van der Waals surface area contributed by atoms with E-state index in [9.17, 15) is 0 Å². The number of aromatic nitrogens is 2. The fraction of sp³-hybridized carbons (Fsp3) is 0.600. The monoisotopic (exact) mass is 441 g/mol. The molecule has 3 rings (SSSR count). The zero-order valence-electron chi connectivity index (χ0n) is 20.3. The first-order valence-electron chi connectivity index (χ1n) is 11.8. The molecule has 0 amide bonds. The Morgan fingerprint density at radius 2 is 1.91 bits per heavy atom. The first-order valence-corrected chi connectivity index (χ1v) is 11.8. The smallest absolute Gasteiger partial charge is 0.191 e. The van der Waals surface area contributed by atoms with Gasteiger partial charge in [0.1, 0.15) is 0 Å². The Labute approximate surface area is 192 Å². The largest absolute Gasteiger partial charge is 0.381 e. The lowest BCUT2D eigenvalue weighted by molar-refractivity contribution is -0.0390. The van der Waals surface area contributed by atoms with Crippen LogP contribution in [0.25, 0.3) is 0 Å². The quantitative estimate of drug-likeness (QED) is 0.461. The van der Waals surface area contributed by atoms with Crippen LogP contribution in [0.5, 0.6) is 0 Å². The van der Waals surface area contributed by atoms with E-state index in [1.165, 1.54) is 22.4 Å². The maximum absolute atomic E-state index is 6.02. The number of benzene rings is 1. The van der Waals surface area contributed by atoms with E-state index < -0.39 is 0 Å². The molecule has 7 heteroatoms. The van der Waals surface area contributed by atoms with Crippen LogP contribution in [0.4, 0.5) is 0 Å². The van der Waals surface area contributed by atoms with Gasteiger partial charge in [0.25, 0.3) is 0 Å². The van der Waals surface area contributed by atoms with E-state index in [4.69, 9.17) is 14.5 Å². The third-order valence-corrected chi connectivity index (χ3v) is 5.99. The van der Waals surface area contributed by atoms with Crippen molar-refractivity contribution >= 4 is 5.96 Å². The summed E-state index contributed by atoms with van der Waals surface area (Å²) < 4.78 is 13.4. The molecule has 1 saturated heterocycles. The molecule has 0 spiro atoms. The standard InChI is InChI=1S/C25H39N5O2/c1-6-26-25(28-18(2)15-24-19(3)29-30(5)20(24)4)27-16-21-7-9-22(10-8-21)17-32-23-11-13-31-14-12-23/h7-10,18,23H,6,11-17H2,1-5H3,(H2,26,27,28). The third kappa shape index (κ3) is 7.07. The van der Waals surface area contributed by atoms with Crippen LogP contribution >= 0.6 is 0 Å². The Kier molecular flexibility index (Phi) is 9.11. The molecule has 7 nitrogen and oxygen atoms in total. The van der Waals surface area contributed by atoms with Crippen LogP contribution in [0, 0.1) is 13.8 Å². The Morgan fingerprint density at radius 3 is 2.53 bits per heavy atom. The summed E-state index contributed by atoms with van der Waals surface area (Å²) >= 11 is 0. The maximum atomic E-state index is 6.02. The van der Waals surface area contributed by atoms with Gasteiger partial charge in [-0.1, -0.05) is 24.3 Å². The Bertz CT molecular complexity index is 869. The van der Waals surface area contributed by atoms with Gasteiger partial charge in [-0.25, -0.2) is 4.99 Å². The van der Waals surface area contributed by atoms with Crippen molar-refractivity contribution < 1.29 is 9.47 Å². The minimum absolute atomic E-state index is 0.249. The summed E-state index contributed by atoms with van der Waals surface area (Å²) in [5, 5.41) is 11.4. The highest BCUT2D eigenvalue weighted by atomic mass is 16.5. The lowest BCUT2D eigenvalue weighted by atomic mass is 10.1. The van der Waals surface area contributed by atoms with E-state index >= 15 is 0 Å². The van der Waals surface area contributed by atoms with Crippen molar-refractivity contribution in [2.75, 3.05) is 19.8 Å². The Morgan fingerprint density at radius 1 is 1.22 bits per heavy atom. The normalized spacial score (nSPS) is 16.2. The number of aliphatic imine (C=N–C) groups is 1. The number of guanidine groups is 1. The molecule has 2 N–H and O–H groups in total. The summed E-state index contributed by atoms with van der Waals surface area (Å²) in [5.41, 5.74) is 6.01. The van der Waals surface area contributed by atoms with Gasteiger partial charge in [0, 0.05) is 38.5 Å². The van der Waals surface area contributed by atoms with E-state index in [0.29, 0.717) is 19.3 Å². The second-order valence-electron chi connectivity index (χ2n) is 8.66. The van der Waals surface area contributed by atoms with Crippen LogP contribution in [0.2, 0.25) is 0 Å². The van der Waals surface area contributed by atoms with Crippen molar-refractivity contribution in [2.45, 2.75) is 72.3 Å². The first kappa shape index (κ1) is 24.3. The lowest BCUT2D eigenvalue weighted by Crippen LogP contribution is -2.43. The lowest BCUT2D eigenvalue weighted by Gasteiger charge is -2.22. The van der Waals surface area contributed by atoms with Gasteiger partial charge in [-0.3, -0.25) is 4.68 Å². The summed E-state index contributed by atoms with van der Waals surface area (Å²) in [4.78, 5) is 4.79. The van der Waals surface area contributed by atoms with Gasteiger partial charge >= 0.3 is 0 Å². The fourth-order valence-electron chi connectivity index (χ4n) is 3.99. The van der Waals surface area contributed by atoms with E-state index in [1.54, 1.807) is 0 Å².